The van der Waals surface area contributed by atoms with Crippen LogP contribution in [0.5, 0.6) is 11.5 Å². The summed E-state index contributed by atoms with van der Waals surface area (Å²) in [6.45, 7) is 0. The van der Waals surface area contributed by atoms with Crippen LogP contribution in [0.2, 0.25) is 5.02 Å². The number of hydrogen-bond donors (Lipinski definition) is 1. The third kappa shape index (κ3) is 2.92. The lowest BCUT2D eigenvalue weighted by atomic mass is 10.0. The highest BCUT2D eigenvalue weighted by molar-refractivity contribution is 6.34. The van der Waals surface area contributed by atoms with Crippen LogP contribution < -0.4 is 15.0 Å². The van der Waals surface area contributed by atoms with Gasteiger partial charge in [-0.1, -0.05) is 17.7 Å². The molecule has 2 aromatic carbocycles. The molecule has 0 aliphatic carbocycles. The zero-order chi connectivity index (χ0) is 18.1. The Kier molecular flexibility index (Phi) is 4.83. The molecule has 0 radical (unpaired) electrons. The largest absolute Gasteiger partial charge is 0.496 e. The Balaban J connectivity index is 2.45. The minimum atomic E-state index is -0.747. The molecule has 0 amide bonds. The minimum absolute atomic E-state index is 0.0361. The third-order valence-electron chi connectivity index (χ3n) is 3.75. The standard InChI is InChI=1S/C17H13Cl2FN2O3/c1-24-10-4-3-5-11(25-2)14(10)13-9(19)6-8-16(15(13)20)21-12(7-18)22-17(8)23/h3-6H,7H2,1-2H3,(H,21,22,23). The number of methoxy groups -OCH3 is 2. The number of hydrogen-bond acceptors (Lipinski definition) is 4. The minimum Gasteiger partial charge on any atom is -0.496 e. The second-order valence-electron chi connectivity index (χ2n) is 5.13. The van der Waals surface area contributed by atoms with E-state index in [-0.39, 0.29) is 33.2 Å². The Morgan fingerprint density at radius 2 is 1.84 bits per heavy atom. The van der Waals surface area contributed by atoms with Crippen molar-refractivity contribution < 1.29 is 13.9 Å². The van der Waals surface area contributed by atoms with Crippen molar-refractivity contribution in [1.82, 2.24) is 9.97 Å². The number of nitrogens with one attached hydrogen (secondary N) is 1. The van der Waals surface area contributed by atoms with E-state index in [1.54, 1.807) is 18.2 Å². The third-order valence-corrected chi connectivity index (χ3v) is 4.30. The fourth-order valence-corrected chi connectivity index (χ4v) is 3.06. The smallest absolute Gasteiger partial charge is 0.258 e. The Hall–Kier alpha value is -2.31. The Bertz CT molecular complexity index is 999. The number of halogens is 3. The van der Waals surface area contributed by atoms with Gasteiger partial charge in [-0.15, -0.1) is 11.6 Å². The van der Waals surface area contributed by atoms with Gasteiger partial charge in [0.25, 0.3) is 5.56 Å². The molecule has 0 aliphatic heterocycles. The van der Waals surface area contributed by atoms with E-state index in [0.29, 0.717) is 17.1 Å². The summed E-state index contributed by atoms with van der Waals surface area (Å²) in [5.74, 6) is 0.116. The number of aromatic amines is 1. The molecule has 8 heteroatoms. The molecule has 130 valence electrons. The lowest BCUT2D eigenvalue weighted by molar-refractivity contribution is 0.397. The maximum absolute atomic E-state index is 15.3. The van der Waals surface area contributed by atoms with Crippen molar-refractivity contribution in [3.05, 3.63) is 51.3 Å². The van der Waals surface area contributed by atoms with Crippen LogP contribution in [0.25, 0.3) is 22.0 Å². The first kappa shape index (κ1) is 17.5. The number of aromatic nitrogens is 2. The predicted molar refractivity (Wildman–Crippen MR) is 95.4 cm³/mol. The van der Waals surface area contributed by atoms with Gasteiger partial charge in [-0.2, -0.15) is 0 Å². The van der Waals surface area contributed by atoms with Crippen molar-refractivity contribution in [3.8, 4) is 22.6 Å². The SMILES string of the molecule is COc1cccc(OC)c1-c1c(Cl)cc2c(=O)[nH]c(CCl)nc2c1F. The van der Waals surface area contributed by atoms with Crippen LogP contribution in [-0.4, -0.2) is 24.2 Å². The van der Waals surface area contributed by atoms with Crippen LogP contribution >= 0.6 is 23.2 Å². The van der Waals surface area contributed by atoms with Crippen molar-refractivity contribution >= 4 is 34.1 Å². The Labute approximate surface area is 152 Å². The number of fused-ring (bicyclic) bond motifs is 1. The van der Waals surface area contributed by atoms with E-state index in [2.05, 4.69) is 9.97 Å². The van der Waals surface area contributed by atoms with Gasteiger partial charge in [-0.05, 0) is 18.2 Å². The molecule has 0 unspecified atom stereocenters. The molecule has 0 bridgehead atoms. The lowest BCUT2D eigenvalue weighted by Gasteiger charge is -2.16. The van der Waals surface area contributed by atoms with E-state index in [9.17, 15) is 4.79 Å². The molecule has 1 N–H and O–H groups in total. The number of H-pyrrole nitrogens is 1. The van der Waals surface area contributed by atoms with Gasteiger partial charge in [0.15, 0.2) is 5.82 Å². The topological polar surface area (TPSA) is 64.2 Å². The van der Waals surface area contributed by atoms with Gasteiger partial charge in [0.1, 0.15) is 22.8 Å². The summed E-state index contributed by atoms with van der Waals surface area (Å²) in [4.78, 5) is 18.7. The van der Waals surface area contributed by atoms with Gasteiger partial charge in [-0.3, -0.25) is 4.79 Å². The summed E-state index contributed by atoms with van der Waals surface area (Å²) in [5, 5.41) is 0.0766. The lowest BCUT2D eigenvalue weighted by Crippen LogP contribution is -2.12. The molecule has 0 fully saturated rings. The van der Waals surface area contributed by atoms with Crippen LogP contribution in [-0.2, 0) is 5.88 Å². The molecule has 0 saturated heterocycles. The van der Waals surface area contributed by atoms with Crippen LogP contribution in [0.4, 0.5) is 4.39 Å². The summed E-state index contributed by atoms with van der Waals surface area (Å²) >= 11 is 12.0. The summed E-state index contributed by atoms with van der Waals surface area (Å²) in [5.41, 5.74) is -0.250. The Morgan fingerprint density at radius 1 is 1.20 bits per heavy atom. The quantitative estimate of drug-likeness (QED) is 0.688. The van der Waals surface area contributed by atoms with E-state index in [4.69, 9.17) is 32.7 Å². The van der Waals surface area contributed by atoms with Gasteiger partial charge in [0.2, 0.25) is 0 Å². The molecule has 3 aromatic rings. The van der Waals surface area contributed by atoms with Crippen molar-refractivity contribution in [2.75, 3.05) is 14.2 Å². The first-order chi connectivity index (χ1) is 12.0. The zero-order valence-electron chi connectivity index (χ0n) is 13.3. The van der Waals surface area contributed by atoms with E-state index in [0.717, 1.165) is 0 Å². The highest BCUT2D eigenvalue weighted by Gasteiger charge is 2.23. The molecular weight excluding hydrogens is 370 g/mol. The first-order valence-electron chi connectivity index (χ1n) is 7.20. The molecule has 25 heavy (non-hydrogen) atoms. The number of alkyl halides is 1. The second kappa shape index (κ2) is 6.90. The molecular formula is C17H13Cl2FN2O3. The maximum Gasteiger partial charge on any atom is 0.258 e. The number of benzene rings is 2. The van der Waals surface area contributed by atoms with Gasteiger partial charge >= 0.3 is 0 Å². The molecule has 0 aliphatic rings. The van der Waals surface area contributed by atoms with E-state index in [1.807, 2.05) is 0 Å². The van der Waals surface area contributed by atoms with Crippen molar-refractivity contribution in [1.29, 1.82) is 0 Å². The van der Waals surface area contributed by atoms with Crippen LogP contribution in [0.3, 0.4) is 0 Å². The summed E-state index contributed by atoms with van der Waals surface area (Å²) in [6, 6.07) is 6.40. The monoisotopic (exact) mass is 382 g/mol. The fraction of sp³-hybridized carbons (Fsp3) is 0.176. The van der Waals surface area contributed by atoms with Gasteiger partial charge in [-0.25, -0.2) is 9.37 Å². The number of nitrogens with zero attached hydrogens (tertiary/aromatic N) is 1. The van der Waals surface area contributed by atoms with Crippen LogP contribution in [0.1, 0.15) is 5.82 Å². The number of ether oxygens (including phenoxy) is 2. The van der Waals surface area contributed by atoms with Crippen LogP contribution in [0.15, 0.2) is 29.1 Å². The molecule has 0 saturated carbocycles. The summed E-state index contributed by atoms with van der Waals surface area (Å²) < 4.78 is 25.9. The van der Waals surface area contributed by atoms with Crippen molar-refractivity contribution in [2.24, 2.45) is 0 Å². The predicted octanol–water partition coefficient (Wildman–Crippen LogP) is 4.14. The molecule has 0 spiro atoms. The van der Waals surface area contributed by atoms with Gasteiger partial charge in [0, 0.05) is 5.56 Å². The number of rotatable bonds is 4. The normalized spacial score (nSPS) is 10.9. The van der Waals surface area contributed by atoms with Gasteiger partial charge in [0.05, 0.1) is 36.1 Å². The van der Waals surface area contributed by atoms with E-state index < -0.39 is 11.4 Å². The Morgan fingerprint density at radius 3 is 2.40 bits per heavy atom. The molecule has 0 atom stereocenters. The average molecular weight is 383 g/mol. The van der Waals surface area contributed by atoms with Gasteiger partial charge < -0.3 is 14.5 Å². The molecule has 1 heterocycles. The average Bonchev–Trinajstić information content (AvgIpc) is 2.62. The summed E-state index contributed by atoms with van der Waals surface area (Å²) in [7, 11) is 2.92. The van der Waals surface area contributed by atoms with Crippen molar-refractivity contribution in [2.45, 2.75) is 5.88 Å². The van der Waals surface area contributed by atoms with Crippen molar-refractivity contribution in [3.63, 3.8) is 0 Å². The van der Waals surface area contributed by atoms with E-state index >= 15 is 4.39 Å². The second-order valence-corrected chi connectivity index (χ2v) is 5.80. The highest BCUT2D eigenvalue weighted by Crippen LogP contribution is 2.44. The summed E-state index contributed by atoms with van der Waals surface area (Å²) in [6.07, 6.45) is 0. The highest BCUT2D eigenvalue weighted by atomic mass is 35.5. The first-order valence-corrected chi connectivity index (χ1v) is 8.11. The zero-order valence-corrected chi connectivity index (χ0v) is 14.8. The van der Waals surface area contributed by atoms with Crippen LogP contribution in [0, 0.1) is 5.82 Å². The molecule has 1 aromatic heterocycles. The molecule has 5 nitrogen and oxygen atoms in total. The molecule has 3 rings (SSSR count). The maximum atomic E-state index is 15.3. The fourth-order valence-electron chi connectivity index (χ4n) is 2.64. The van der Waals surface area contributed by atoms with E-state index in [1.165, 1.54) is 20.3 Å².